The van der Waals surface area contributed by atoms with Gasteiger partial charge < -0.3 is 9.15 Å². The molecule has 0 spiro atoms. The normalized spacial score (nSPS) is 16.8. The molecule has 1 aromatic heterocycles. The maximum atomic E-state index is 12.5. The molecule has 10 nitrogen and oxygen atoms in total. The monoisotopic (exact) mass is 453 g/mol. The number of nitro groups is 1. The first-order chi connectivity index (χ1) is 15.4. The zero-order valence-corrected chi connectivity index (χ0v) is 18.1. The topological polar surface area (TPSA) is 134 Å². The zero-order valence-electron chi connectivity index (χ0n) is 17.3. The second-order valence-corrected chi connectivity index (χ2v) is 7.88. The fraction of sp³-hybridized carbons (Fsp3) is 0.238. The first-order valence-electron chi connectivity index (χ1n) is 9.91. The van der Waals surface area contributed by atoms with Gasteiger partial charge in [0.05, 0.1) is 28.7 Å². The quantitative estimate of drug-likeness (QED) is 0.365. The van der Waals surface area contributed by atoms with Crippen molar-refractivity contribution in [1.29, 1.82) is 5.41 Å². The van der Waals surface area contributed by atoms with Crippen molar-refractivity contribution in [1.82, 2.24) is 5.01 Å². The highest BCUT2D eigenvalue weighted by molar-refractivity contribution is 8.26. The number of nitro benzene ring substituents is 1. The van der Waals surface area contributed by atoms with E-state index in [1.165, 1.54) is 28.9 Å². The molecule has 2 aliphatic rings. The molecule has 1 N–H and O–H groups in total. The Labute approximate surface area is 187 Å². The Hall–Kier alpha value is -3.73. The summed E-state index contributed by atoms with van der Waals surface area (Å²) in [5.74, 6) is 0.249. The van der Waals surface area contributed by atoms with Gasteiger partial charge in [0, 0.05) is 0 Å². The van der Waals surface area contributed by atoms with Gasteiger partial charge in [0.1, 0.15) is 22.3 Å². The summed E-state index contributed by atoms with van der Waals surface area (Å²) in [6, 6.07) is 7.67. The molecule has 0 fully saturated rings. The standard InChI is InChI=1S/C21H19N5O5S/c1-3-5-18-24-25-19(22)15(20(27)23-21(25)32-18)10-13-7-9-17(31-13)14-8-6-12(30-4-2)11-16(14)26(28)29/h6-11,22H,3-5H2,1-2H3/b15-10-,22-19?. The van der Waals surface area contributed by atoms with Gasteiger partial charge in [-0.2, -0.15) is 15.1 Å². The van der Waals surface area contributed by atoms with Crippen molar-refractivity contribution in [3.63, 3.8) is 0 Å². The Morgan fingerprint density at radius 3 is 2.84 bits per heavy atom. The molecule has 0 atom stereocenters. The Morgan fingerprint density at radius 1 is 1.31 bits per heavy atom. The molecule has 3 heterocycles. The van der Waals surface area contributed by atoms with Crippen LogP contribution in [0, 0.1) is 15.5 Å². The molecule has 1 aromatic carbocycles. The number of furan rings is 1. The lowest BCUT2D eigenvalue weighted by Crippen LogP contribution is -2.35. The fourth-order valence-electron chi connectivity index (χ4n) is 3.19. The van der Waals surface area contributed by atoms with E-state index in [0.29, 0.717) is 17.5 Å². The number of rotatable bonds is 7. The number of ether oxygens (including phenoxy) is 1. The number of thioether (sulfide) groups is 1. The predicted molar refractivity (Wildman–Crippen MR) is 122 cm³/mol. The van der Waals surface area contributed by atoms with Crippen LogP contribution in [0.25, 0.3) is 17.4 Å². The first kappa shape index (κ1) is 21.5. The molecule has 2 aliphatic heterocycles. The van der Waals surface area contributed by atoms with Crippen LogP contribution in [0.2, 0.25) is 0 Å². The Bertz CT molecular complexity index is 1210. The minimum atomic E-state index is -0.563. The summed E-state index contributed by atoms with van der Waals surface area (Å²) in [7, 11) is 0. The van der Waals surface area contributed by atoms with Gasteiger partial charge in [0.15, 0.2) is 5.84 Å². The van der Waals surface area contributed by atoms with E-state index in [4.69, 9.17) is 14.6 Å². The molecular formula is C21H19N5O5S. The summed E-state index contributed by atoms with van der Waals surface area (Å²) in [5.41, 5.74) is 0.142. The molecule has 164 valence electrons. The molecule has 0 bridgehead atoms. The second-order valence-electron chi connectivity index (χ2n) is 6.83. The number of carbonyl (C=O) groups excluding carboxylic acids is 1. The van der Waals surface area contributed by atoms with Crippen LogP contribution in [0.15, 0.2) is 50.4 Å². The average molecular weight is 453 g/mol. The van der Waals surface area contributed by atoms with Crippen LogP contribution in [0.4, 0.5) is 5.69 Å². The van der Waals surface area contributed by atoms with E-state index in [1.807, 2.05) is 6.92 Å². The van der Waals surface area contributed by atoms with Gasteiger partial charge in [0.25, 0.3) is 11.6 Å². The maximum absolute atomic E-state index is 12.5. The van der Waals surface area contributed by atoms with Gasteiger partial charge in [0.2, 0.25) is 5.17 Å². The number of carbonyl (C=O) groups is 1. The molecule has 32 heavy (non-hydrogen) atoms. The van der Waals surface area contributed by atoms with Crippen molar-refractivity contribution in [3.05, 3.63) is 51.8 Å². The van der Waals surface area contributed by atoms with Crippen LogP contribution in [0.3, 0.4) is 0 Å². The summed E-state index contributed by atoms with van der Waals surface area (Å²) < 4.78 is 11.1. The number of hydrogen-bond acceptors (Lipinski definition) is 8. The van der Waals surface area contributed by atoms with E-state index in [9.17, 15) is 14.9 Å². The second kappa shape index (κ2) is 8.79. The SMILES string of the molecule is CCCC1=NN2C(=N)/C(=C/c3ccc(-c4ccc(OCC)cc4[N+](=O)[O-])o3)C(=O)N=C2S1. The number of amidine groups is 2. The lowest BCUT2D eigenvalue weighted by Gasteiger charge is -2.19. The van der Waals surface area contributed by atoms with E-state index in [-0.39, 0.29) is 34.2 Å². The number of aliphatic imine (C=N–C) groups is 1. The predicted octanol–water partition coefficient (Wildman–Crippen LogP) is 4.67. The third-order valence-electron chi connectivity index (χ3n) is 4.62. The van der Waals surface area contributed by atoms with Crippen molar-refractivity contribution < 1.29 is 18.9 Å². The molecule has 0 radical (unpaired) electrons. The Balaban J connectivity index is 1.65. The number of nitrogens with one attached hydrogen (secondary N) is 1. The third-order valence-corrected chi connectivity index (χ3v) is 5.58. The molecule has 0 aliphatic carbocycles. The van der Waals surface area contributed by atoms with Crippen molar-refractivity contribution >= 4 is 45.5 Å². The number of benzene rings is 1. The fourth-order valence-corrected chi connectivity index (χ4v) is 4.18. The van der Waals surface area contributed by atoms with Crippen LogP contribution < -0.4 is 4.74 Å². The molecule has 0 unspecified atom stereocenters. The van der Waals surface area contributed by atoms with E-state index in [2.05, 4.69) is 10.1 Å². The van der Waals surface area contributed by atoms with Crippen LogP contribution >= 0.6 is 11.8 Å². The maximum Gasteiger partial charge on any atom is 0.284 e. The average Bonchev–Trinajstić information content (AvgIpc) is 3.38. The van der Waals surface area contributed by atoms with Crippen molar-refractivity contribution in [2.75, 3.05) is 6.61 Å². The van der Waals surface area contributed by atoms with E-state index in [0.717, 1.165) is 17.9 Å². The van der Waals surface area contributed by atoms with Gasteiger partial charge in [-0.1, -0.05) is 6.92 Å². The van der Waals surface area contributed by atoms with Crippen molar-refractivity contribution in [3.8, 4) is 17.1 Å². The van der Waals surface area contributed by atoms with Gasteiger partial charge >= 0.3 is 0 Å². The summed E-state index contributed by atoms with van der Waals surface area (Å²) >= 11 is 1.28. The smallest absolute Gasteiger partial charge is 0.284 e. The van der Waals surface area contributed by atoms with Crippen LogP contribution in [0.5, 0.6) is 5.75 Å². The molecule has 2 aromatic rings. The van der Waals surface area contributed by atoms with Gasteiger partial charge in [-0.05, 0) is 61.9 Å². The molecule has 0 saturated heterocycles. The number of amides is 1. The van der Waals surface area contributed by atoms with Gasteiger partial charge in [-0.15, -0.1) is 0 Å². The zero-order chi connectivity index (χ0) is 22.8. The van der Waals surface area contributed by atoms with E-state index in [1.54, 1.807) is 31.2 Å². The summed E-state index contributed by atoms with van der Waals surface area (Å²) in [4.78, 5) is 27.6. The van der Waals surface area contributed by atoms with Crippen molar-refractivity contribution in [2.45, 2.75) is 26.7 Å². The Morgan fingerprint density at radius 2 is 2.12 bits per heavy atom. The van der Waals surface area contributed by atoms with Crippen molar-refractivity contribution in [2.24, 2.45) is 10.1 Å². The lowest BCUT2D eigenvalue weighted by molar-refractivity contribution is -0.384. The largest absolute Gasteiger partial charge is 0.494 e. The summed E-state index contributed by atoms with van der Waals surface area (Å²) in [5, 5.41) is 26.8. The summed E-state index contributed by atoms with van der Waals surface area (Å²) in [6.07, 6.45) is 3.03. The van der Waals surface area contributed by atoms with Crippen LogP contribution in [-0.2, 0) is 4.79 Å². The summed E-state index contributed by atoms with van der Waals surface area (Å²) in [6.45, 7) is 4.20. The molecule has 4 rings (SSSR count). The first-order valence-corrected chi connectivity index (χ1v) is 10.7. The van der Waals surface area contributed by atoms with E-state index < -0.39 is 10.8 Å². The highest BCUT2D eigenvalue weighted by atomic mass is 32.2. The molecule has 1 amide bonds. The molecule has 11 heteroatoms. The highest BCUT2D eigenvalue weighted by Crippen LogP contribution is 2.35. The Kier molecular flexibility index (Phi) is 5.91. The molecular weight excluding hydrogens is 434 g/mol. The number of hydrogen-bond donors (Lipinski definition) is 1. The molecule has 0 saturated carbocycles. The highest BCUT2D eigenvalue weighted by Gasteiger charge is 2.35. The third kappa shape index (κ3) is 4.06. The minimum absolute atomic E-state index is 0.0259. The van der Waals surface area contributed by atoms with Gasteiger partial charge in [-0.3, -0.25) is 20.3 Å². The number of hydrazone groups is 1. The number of nitrogens with zero attached hydrogens (tertiary/aromatic N) is 4. The van der Waals surface area contributed by atoms with E-state index >= 15 is 0 Å². The van der Waals surface area contributed by atoms with Gasteiger partial charge in [-0.25, -0.2) is 0 Å². The number of fused-ring (bicyclic) bond motifs is 1. The lowest BCUT2D eigenvalue weighted by atomic mass is 10.1. The van der Waals surface area contributed by atoms with Crippen LogP contribution in [0.1, 0.15) is 32.4 Å². The van der Waals surface area contributed by atoms with Crippen LogP contribution in [-0.4, -0.2) is 38.5 Å². The minimum Gasteiger partial charge on any atom is -0.494 e.